The molecule has 22 heavy (non-hydrogen) atoms. The Morgan fingerprint density at radius 2 is 1.86 bits per heavy atom. The van der Waals surface area contributed by atoms with Crippen molar-refractivity contribution in [2.24, 2.45) is 0 Å². The quantitative estimate of drug-likeness (QED) is 0.946. The minimum atomic E-state index is -1.15. The maximum atomic E-state index is 12.2. The van der Waals surface area contributed by atoms with Crippen molar-refractivity contribution in [3.63, 3.8) is 0 Å². The third kappa shape index (κ3) is 2.15. The summed E-state index contributed by atoms with van der Waals surface area (Å²) in [4.78, 5) is 23.6. The van der Waals surface area contributed by atoms with Crippen LogP contribution in [-0.4, -0.2) is 15.6 Å². The Bertz CT molecular complexity index is 831. The number of pyridine rings is 1. The van der Waals surface area contributed by atoms with Gasteiger partial charge >= 0.3 is 5.97 Å². The molecule has 0 unspecified atom stereocenters. The summed E-state index contributed by atoms with van der Waals surface area (Å²) >= 11 is 0. The second kappa shape index (κ2) is 4.83. The lowest BCUT2D eigenvalue weighted by atomic mass is 10.0. The van der Waals surface area contributed by atoms with Crippen molar-refractivity contribution in [3.8, 4) is 11.1 Å². The van der Waals surface area contributed by atoms with Crippen molar-refractivity contribution in [1.29, 1.82) is 0 Å². The summed E-state index contributed by atoms with van der Waals surface area (Å²) in [5.41, 5.74) is 4.03. The third-order valence-corrected chi connectivity index (χ3v) is 4.65. The highest BCUT2D eigenvalue weighted by molar-refractivity contribution is 5.89. The summed E-state index contributed by atoms with van der Waals surface area (Å²) in [5.74, 6) is -1.15. The van der Waals surface area contributed by atoms with Gasteiger partial charge in [-0.15, -0.1) is 0 Å². The van der Waals surface area contributed by atoms with E-state index in [0.717, 1.165) is 36.8 Å². The molecule has 2 aliphatic carbocycles. The van der Waals surface area contributed by atoms with Crippen LogP contribution in [0.4, 0.5) is 0 Å². The number of aryl methyl sites for hydroxylation is 2. The number of carboxylic acids is 1. The molecule has 1 fully saturated rings. The molecule has 1 N–H and O–H groups in total. The van der Waals surface area contributed by atoms with Crippen molar-refractivity contribution in [3.05, 3.63) is 57.5 Å². The number of hydrogen-bond acceptors (Lipinski definition) is 2. The fourth-order valence-corrected chi connectivity index (χ4v) is 3.29. The van der Waals surface area contributed by atoms with Crippen molar-refractivity contribution in [2.45, 2.75) is 38.1 Å². The molecule has 4 heteroatoms. The Morgan fingerprint density at radius 3 is 2.59 bits per heavy atom. The largest absolute Gasteiger partial charge is 0.477 e. The lowest BCUT2D eigenvalue weighted by Crippen LogP contribution is -2.25. The van der Waals surface area contributed by atoms with Crippen molar-refractivity contribution in [1.82, 2.24) is 4.57 Å². The van der Waals surface area contributed by atoms with E-state index in [2.05, 4.69) is 12.1 Å². The second-order valence-corrected chi connectivity index (χ2v) is 6.23. The van der Waals surface area contributed by atoms with Gasteiger partial charge in [-0.05, 0) is 60.4 Å². The highest BCUT2D eigenvalue weighted by atomic mass is 16.4. The predicted molar refractivity (Wildman–Crippen MR) is 83.4 cm³/mol. The van der Waals surface area contributed by atoms with Gasteiger partial charge in [-0.3, -0.25) is 4.79 Å². The van der Waals surface area contributed by atoms with Crippen LogP contribution >= 0.6 is 0 Å². The number of rotatable bonds is 3. The first-order valence-corrected chi connectivity index (χ1v) is 7.75. The first kappa shape index (κ1) is 13.3. The maximum absolute atomic E-state index is 12.2. The van der Waals surface area contributed by atoms with Crippen LogP contribution in [0.1, 0.15) is 46.8 Å². The summed E-state index contributed by atoms with van der Waals surface area (Å²) in [7, 11) is 0. The van der Waals surface area contributed by atoms with E-state index in [0.29, 0.717) is 0 Å². The number of aromatic carboxylic acids is 1. The van der Waals surface area contributed by atoms with Gasteiger partial charge in [0, 0.05) is 12.2 Å². The minimum Gasteiger partial charge on any atom is -0.477 e. The van der Waals surface area contributed by atoms with E-state index in [1.54, 1.807) is 4.57 Å². The number of hydrogen-bond donors (Lipinski definition) is 1. The highest BCUT2D eigenvalue weighted by Crippen LogP contribution is 2.35. The minimum absolute atomic E-state index is 0.134. The van der Waals surface area contributed by atoms with Crippen LogP contribution in [0.25, 0.3) is 11.1 Å². The van der Waals surface area contributed by atoms with Gasteiger partial charge in [0.1, 0.15) is 5.56 Å². The number of aromatic nitrogens is 1. The lowest BCUT2D eigenvalue weighted by Gasteiger charge is -2.11. The Labute approximate surface area is 128 Å². The van der Waals surface area contributed by atoms with Gasteiger partial charge < -0.3 is 9.67 Å². The number of benzene rings is 1. The zero-order chi connectivity index (χ0) is 15.3. The average Bonchev–Trinajstić information content (AvgIpc) is 3.24. The van der Waals surface area contributed by atoms with Crippen LogP contribution in [-0.2, 0) is 12.8 Å². The van der Waals surface area contributed by atoms with Crippen molar-refractivity contribution in [2.75, 3.05) is 0 Å². The molecular formula is C18H17NO3. The highest BCUT2D eigenvalue weighted by Gasteiger charge is 2.27. The molecule has 0 bridgehead atoms. The molecule has 4 nitrogen and oxygen atoms in total. The molecule has 1 heterocycles. The van der Waals surface area contributed by atoms with Gasteiger partial charge in [-0.1, -0.05) is 18.2 Å². The zero-order valence-electron chi connectivity index (χ0n) is 12.2. The summed E-state index contributed by atoms with van der Waals surface area (Å²) in [6, 6.07) is 7.99. The molecule has 1 aromatic carbocycles. The Kier molecular flexibility index (Phi) is 2.93. The molecule has 112 valence electrons. The van der Waals surface area contributed by atoms with E-state index in [1.807, 2.05) is 12.3 Å². The van der Waals surface area contributed by atoms with E-state index in [9.17, 15) is 14.7 Å². The first-order valence-electron chi connectivity index (χ1n) is 7.75. The van der Waals surface area contributed by atoms with Crippen LogP contribution in [0.15, 0.2) is 35.3 Å². The topological polar surface area (TPSA) is 59.3 Å². The molecule has 0 atom stereocenters. The maximum Gasteiger partial charge on any atom is 0.341 e. The fraction of sp³-hybridized carbons (Fsp3) is 0.333. The molecule has 2 aliphatic rings. The number of carboxylic acid groups (broad SMARTS) is 1. The van der Waals surface area contributed by atoms with E-state index in [4.69, 9.17) is 0 Å². The van der Waals surface area contributed by atoms with Crippen LogP contribution < -0.4 is 5.56 Å². The second-order valence-electron chi connectivity index (χ2n) is 6.23. The molecule has 1 aromatic heterocycles. The van der Waals surface area contributed by atoms with Gasteiger partial charge in [0.2, 0.25) is 0 Å². The van der Waals surface area contributed by atoms with Gasteiger partial charge in [0.05, 0.1) is 0 Å². The summed E-state index contributed by atoms with van der Waals surface area (Å²) in [6.45, 7) is 0. The molecule has 0 aliphatic heterocycles. The van der Waals surface area contributed by atoms with Gasteiger partial charge in [-0.2, -0.15) is 0 Å². The SMILES string of the molecule is O=C(O)c1cc(-c2ccc3c(c2)CCC3)cn(C2CC2)c1=O. The fourth-order valence-electron chi connectivity index (χ4n) is 3.29. The summed E-state index contributed by atoms with van der Waals surface area (Å²) in [6.07, 6.45) is 7.11. The summed E-state index contributed by atoms with van der Waals surface area (Å²) in [5, 5.41) is 9.31. The van der Waals surface area contributed by atoms with E-state index in [1.165, 1.54) is 23.6 Å². The summed E-state index contributed by atoms with van der Waals surface area (Å²) < 4.78 is 1.60. The Morgan fingerprint density at radius 1 is 1.09 bits per heavy atom. The van der Waals surface area contributed by atoms with E-state index in [-0.39, 0.29) is 17.2 Å². The zero-order valence-corrected chi connectivity index (χ0v) is 12.2. The Balaban J connectivity index is 1.87. The monoisotopic (exact) mass is 295 g/mol. The molecular weight excluding hydrogens is 278 g/mol. The molecule has 0 radical (unpaired) electrons. The first-order chi connectivity index (χ1) is 10.6. The average molecular weight is 295 g/mol. The standard InChI is InChI=1S/C18H17NO3/c20-17-16(18(21)22)9-14(10-19(17)15-6-7-15)13-5-4-11-2-1-3-12(11)8-13/h4-5,8-10,15H,1-3,6-7H2,(H,21,22). The number of fused-ring (bicyclic) bond motifs is 1. The van der Waals surface area contributed by atoms with Crippen LogP contribution in [0.5, 0.6) is 0 Å². The van der Waals surface area contributed by atoms with Gasteiger partial charge in [-0.25, -0.2) is 4.79 Å². The number of carbonyl (C=O) groups is 1. The van der Waals surface area contributed by atoms with Crippen LogP contribution in [0.2, 0.25) is 0 Å². The molecule has 0 saturated heterocycles. The molecule has 0 amide bonds. The Hall–Kier alpha value is -2.36. The van der Waals surface area contributed by atoms with E-state index >= 15 is 0 Å². The van der Waals surface area contributed by atoms with Crippen LogP contribution in [0.3, 0.4) is 0 Å². The molecule has 1 saturated carbocycles. The molecule has 4 rings (SSSR count). The normalized spacial score (nSPS) is 16.5. The van der Waals surface area contributed by atoms with Crippen LogP contribution in [0, 0.1) is 0 Å². The lowest BCUT2D eigenvalue weighted by molar-refractivity contribution is 0.0694. The third-order valence-electron chi connectivity index (χ3n) is 4.65. The molecule has 2 aromatic rings. The van der Waals surface area contributed by atoms with Gasteiger partial charge in [0.25, 0.3) is 5.56 Å². The smallest absolute Gasteiger partial charge is 0.341 e. The van der Waals surface area contributed by atoms with Crippen molar-refractivity contribution < 1.29 is 9.90 Å². The van der Waals surface area contributed by atoms with E-state index < -0.39 is 5.97 Å². The molecule has 0 spiro atoms. The predicted octanol–water partition coefficient (Wildman–Crippen LogP) is 3.04. The van der Waals surface area contributed by atoms with Crippen molar-refractivity contribution >= 4 is 5.97 Å². The number of nitrogens with zero attached hydrogens (tertiary/aromatic N) is 1. The van der Waals surface area contributed by atoms with Gasteiger partial charge in [0.15, 0.2) is 0 Å².